The van der Waals surface area contributed by atoms with Crippen molar-refractivity contribution in [3.05, 3.63) is 60.2 Å². The Balaban J connectivity index is 2.33. The van der Waals surface area contributed by atoms with E-state index in [-0.39, 0.29) is 5.78 Å². The molecule has 0 saturated heterocycles. The topological polar surface area (TPSA) is 44.8 Å². The third-order valence-electron chi connectivity index (χ3n) is 3.72. The maximum absolute atomic E-state index is 12.9. The number of hydrogen-bond donors (Lipinski definition) is 0. The summed E-state index contributed by atoms with van der Waals surface area (Å²) in [5, 5.41) is 0. The van der Waals surface area contributed by atoms with Gasteiger partial charge in [0.25, 0.3) is 0 Å². The molecule has 0 N–H and O–H groups in total. The summed E-state index contributed by atoms with van der Waals surface area (Å²) in [4.78, 5) is 12.9. The standard InChI is InChI=1S/C17H20O4/c1-19-16(13-9-5-4-6-10-13)15(18)14-11-7-8-12-17(14,20-2)21-3/h4-12,14,16H,1-3H3. The van der Waals surface area contributed by atoms with Crippen molar-refractivity contribution in [2.75, 3.05) is 21.3 Å². The minimum atomic E-state index is -1.09. The predicted molar refractivity (Wildman–Crippen MR) is 79.7 cm³/mol. The van der Waals surface area contributed by atoms with Crippen molar-refractivity contribution < 1.29 is 19.0 Å². The van der Waals surface area contributed by atoms with Crippen molar-refractivity contribution in [1.82, 2.24) is 0 Å². The second kappa shape index (κ2) is 6.80. The van der Waals surface area contributed by atoms with Crippen LogP contribution in [-0.4, -0.2) is 32.9 Å². The molecule has 0 aliphatic heterocycles. The quantitative estimate of drug-likeness (QED) is 0.755. The van der Waals surface area contributed by atoms with Gasteiger partial charge in [-0.05, 0) is 11.6 Å². The van der Waals surface area contributed by atoms with Crippen molar-refractivity contribution in [1.29, 1.82) is 0 Å². The lowest BCUT2D eigenvalue weighted by atomic mass is 9.85. The number of carbonyl (C=O) groups excluding carboxylic acids is 1. The molecule has 1 aliphatic rings. The maximum Gasteiger partial charge on any atom is 0.201 e. The first-order valence-corrected chi connectivity index (χ1v) is 6.76. The molecule has 0 aromatic heterocycles. The van der Waals surface area contributed by atoms with Gasteiger partial charge in [-0.15, -0.1) is 0 Å². The van der Waals surface area contributed by atoms with Gasteiger partial charge < -0.3 is 14.2 Å². The Hall–Kier alpha value is -1.75. The molecule has 0 radical (unpaired) electrons. The van der Waals surface area contributed by atoms with Gasteiger partial charge in [-0.1, -0.05) is 48.6 Å². The average Bonchev–Trinajstić information content (AvgIpc) is 2.56. The second-order valence-electron chi connectivity index (χ2n) is 4.78. The van der Waals surface area contributed by atoms with E-state index in [0.717, 1.165) is 5.56 Å². The molecule has 4 nitrogen and oxygen atoms in total. The Kier molecular flexibility index (Phi) is 5.07. The fourth-order valence-electron chi connectivity index (χ4n) is 2.58. The number of ether oxygens (including phenoxy) is 3. The third-order valence-corrected chi connectivity index (χ3v) is 3.72. The van der Waals surface area contributed by atoms with Crippen molar-refractivity contribution in [2.45, 2.75) is 11.9 Å². The van der Waals surface area contributed by atoms with Crippen LogP contribution in [0.2, 0.25) is 0 Å². The molecule has 0 heterocycles. The highest BCUT2D eigenvalue weighted by molar-refractivity contribution is 5.89. The highest BCUT2D eigenvalue weighted by Crippen LogP contribution is 2.34. The Bertz CT molecular complexity index is 529. The lowest BCUT2D eigenvalue weighted by Crippen LogP contribution is -2.46. The van der Waals surface area contributed by atoms with E-state index in [0.29, 0.717) is 0 Å². The van der Waals surface area contributed by atoms with E-state index in [1.54, 1.807) is 18.2 Å². The van der Waals surface area contributed by atoms with E-state index >= 15 is 0 Å². The molecule has 2 unspecified atom stereocenters. The van der Waals surface area contributed by atoms with Gasteiger partial charge in [0.2, 0.25) is 5.79 Å². The fraction of sp³-hybridized carbons (Fsp3) is 0.353. The van der Waals surface area contributed by atoms with Gasteiger partial charge in [0.15, 0.2) is 5.78 Å². The van der Waals surface area contributed by atoms with Crippen LogP contribution in [0.4, 0.5) is 0 Å². The summed E-state index contributed by atoms with van der Waals surface area (Å²) in [6.07, 6.45) is 6.49. The van der Waals surface area contributed by atoms with Crippen LogP contribution < -0.4 is 0 Å². The van der Waals surface area contributed by atoms with E-state index in [9.17, 15) is 4.79 Å². The van der Waals surface area contributed by atoms with Crippen LogP contribution in [0.25, 0.3) is 0 Å². The Morgan fingerprint density at radius 2 is 1.76 bits per heavy atom. The van der Waals surface area contributed by atoms with Crippen molar-refractivity contribution in [3.8, 4) is 0 Å². The number of ketones is 1. The lowest BCUT2D eigenvalue weighted by Gasteiger charge is -2.36. The molecule has 1 aromatic rings. The van der Waals surface area contributed by atoms with Crippen LogP contribution in [0.3, 0.4) is 0 Å². The lowest BCUT2D eigenvalue weighted by molar-refractivity contribution is -0.200. The van der Waals surface area contributed by atoms with E-state index in [1.165, 1.54) is 21.3 Å². The molecule has 0 bridgehead atoms. The van der Waals surface area contributed by atoms with E-state index < -0.39 is 17.8 Å². The number of carbonyl (C=O) groups is 1. The molecule has 2 rings (SSSR count). The molecule has 21 heavy (non-hydrogen) atoms. The SMILES string of the molecule is COC(C(=O)C1C=CC=CC1(OC)OC)c1ccccc1. The smallest absolute Gasteiger partial charge is 0.201 e. The predicted octanol–water partition coefficient (Wildman–Crippen LogP) is 2.67. The zero-order chi connectivity index (χ0) is 15.3. The van der Waals surface area contributed by atoms with Crippen LogP contribution in [0.15, 0.2) is 54.6 Å². The summed E-state index contributed by atoms with van der Waals surface area (Å²) >= 11 is 0. The molecule has 0 amide bonds. The van der Waals surface area contributed by atoms with Crippen LogP contribution in [0.1, 0.15) is 11.7 Å². The summed E-state index contributed by atoms with van der Waals surface area (Å²) in [6.45, 7) is 0. The van der Waals surface area contributed by atoms with Crippen LogP contribution in [-0.2, 0) is 19.0 Å². The third kappa shape index (κ3) is 2.97. The summed E-state index contributed by atoms with van der Waals surface area (Å²) < 4.78 is 16.3. The van der Waals surface area contributed by atoms with Crippen molar-refractivity contribution in [2.24, 2.45) is 5.92 Å². The van der Waals surface area contributed by atoms with Gasteiger partial charge in [-0.25, -0.2) is 0 Å². The molecule has 4 heteroatoms. The molecule has 112 valence electrons. The van der Waals surface area contributed by atoms with Gasteiger partial charge >= 0.3 is 0 Å². The van der Waals surface area contributed by atoms with Gasteiger partial charge in [0.1, 0.15) is 6.10 Å². The van der Waals surface area contributed by atoms with Gasteiger partial charge in [-0.3, -0.25) is 4.79 Å². The minimum Gasteiger partial charge on any atom is -0.369 e. The zero-order valence-electron chi connectivity index (χ0n) is 12.5. The van der Waals surface area contributed by atoms with E-state index in [2.05, 4.69) is 0 Å². The van der Waals surface area contributed by atoms with Crippen molar-refractivity contribution >= 4 is 5.78 Å². The number of allylic oxidation sites excluding steroid dienone is 2. The zero-order valence-corrected chi connectivity index (χ0v) is 12.5. The number of hydrogen-bond acceptors (Lipinski definition) is 4. The first-order valence-electron chi connectivity index (χ1n) is 6.76. The fourth-order valence-corrected chi connectivity index (χ4v) is 2.58. The van der Waals surface area contributed by atoms with Crippen LogP contribution in [0, 0.1) is 5.92 Å². The molecule has 1 aromatic carbocycles. The number of benzene rings is 1. The molecular weight excluding hydrogens is 268 g/mol. The highest BCUT2D eigenvalue weighted by atomic mass is 16.7. The van der Waals surface area contributed by atoms with Gasteiger partial charge in [0, 0.05) is 21.3 Å². The molecule has 0 fully saturated rings. The van der Waals surface area contributed by atoms with Crippen LogP contribution >= 0.6 is 0 Å². The molecular formula is C17H20O4. The first-order chi connectivity index (χ1) is 10.2. The molecule has 0 saturated carbocycles. The van der Waals surface area contributed by atoms with Crippen molar-refractivity contribution in [3.63, 3.8) is 0 Å². The van der Waals surface area contributed by atoms with E-state index in [4.69, 9.17) is 14.2 Å². The first kappa shape index (κ1) is 15.6. The van der Waals surface area contributed by atoms with E-state index in [1.807, 2.05) is 36.4 Å². The normalized spacial score (nSPS) is 21.2. The number of methoxy groups -OCH3 is 3. The molecule has 1 aliphatic carbocycles. The molecule has 2 atom stereocenters. The summed E-state index contributed by atoms with van der Waals surface area (Å²) in [7, 11) is 4.58. The minimum absolute atomic E-state index is 0.104. The Morgan fingerprint density at radius 1 is 1.10 bits per heavy atom. The maximum atomic E-state index is 12.9. The average molecular weight is 288 g/mol. The highest BCUT2D eigenvalue weighted by Gasteiger charge is 2.44. The summed E-state index contributed by atoms with van der Waals surface area (Å²) in [6, 6.07) is 9.40. The number of Topliss-reactive ketones (excluding diaryl/α,β-unsaturated/α-hetero) is 1. The largest absolute Gasteiger partial charge is 0.369 e. The second-order valence-corrected chi connectivity index (χ2v) is 4.78. The molecule has 0 spiro atoms. The van der Waals surface area contributed by atoms with Crippen LogP contribution in [0.5, 0.6) is 0 Å². The summed E-state index contributed by atoms with van der Waals surface area (Å²) in [5.74, 6) is -1.76. The monoisotopic (exact) mass is 288 g/mol. The Morgan fingerprint density at radius 3 is 2.33 bits per heavy atom. The Labute approximate surface area is 125 Å². The van der Waals surface area contributed by atoms with Gasteiger partial charge in [-0.2, -0.15) is 0 Å². The van der Waals surface area contributed by atoms with Gasteiger partial charge in [0.05, 0.1) is 5.92 Å². The summed E-state index contributed by atoms with van der Waals surface area (Å²) in [5.41, 5.74) is 0.814. The number of rotatable bonds is 6.